The maximum atomic E-state index is 12.0. The summed E-state index contributed by atoms with van der Waals surface area (Å²) in [5.74, 6) is 0.0159. The maximum absolute atomic E-state index is 12.0. The summed E-state index contributed by atoms with van der Waals surface area (Å²) in [6.07, 6.45) is 1.87. The van der Waals surface area contributed by atoms with Gasteiger partial charge in [-0.2, -0.15) is 5.10 Å². The Hall–Kier alpha value is -2.62. The van der Waals surface area contributed by atoms with Gasteiger partial charge in [-0.05, 0) is 23.8 Å². The summed E-state index contributed by atoms with van der Waals surface area (Å²) in [7, 11) is 3.52. The molecule has 21 heavy (non-hydrogen) atoms. The van der Waals surface area contributed by atoms with Crippen molar-refractivity contribution in [3.05, 3.63) is 65.9 Å². The Morgan fingerprint density at radius 3 is 2.76 bits per heavy atom. The molecule has 0 saturated carbocycles. The van der Waals surface area contributed by atoms with Gasteiger partial charge in [-0.3, -0.25) is 9.48 Å². The van der Waals surface area contributed by atoms with Gasteiger partial charge in [0.25, 0.3) is 5.91 Å². The van der Waals surface area contributed by atoms with Crippen molar-refractivity contribution >= 4 is 16.8 Å². The summed E-state index contributed by atoms with van der Waals surface area (Å²) < 4.78 is 1.95. The first kappa shape index (κ1) is 13.4. The zero-order valence-corrected chi connectivity index (χ0v) is 12.2. The number of aromatic nitrogens is 2. The Labute approximate surface area is 123 Å². The van der Waals surface area contributed by atoms with E-state index in [0.29, 0.717) is 12.1 Å². The Balaban J connectivity index is 1.91. The van der Waals surface area contributed by atoms with Crippen LogP contribution in [0.3, 0.4) is 0 Å². The molecule has 1 amide bonds. The van der Waals surface area contributed by atoms with E-state index in [1.807, 2.05) is 53.3 Å². The molecule has 0 unspecified atom stereocenters. The minimum absolute atomic E-state index is 0.0159. The zero-order valence-electron chi connectivity index (χ0n) is 12.2. The normalized spacial score (nSPS) is 10.8. The minimum Gasteiger partial charge on any atom is -0.345 e. The predicted octanol–water partition coefficient (Wildman–Crippen LogP) is 2.79. The number of hydrogen-bond acceptors (Lipinski definition) is 2. The van der Waals surface area contributed by atoms with Crippen LogP contribution in [-0.4, -0.2) is 34.7 Å². The molecule has 0 fully saturated rings. The van der Waals surface area contributed by atoms with E-state index in [0.717, 1.165) is 16.5 Å². The van der Waals surface area contributed by atoms with E-state index in [2.05, 4.69) is 11.2 Å². The number of rotatable bonds is 3. The third-order valence-electron chi connectivity index (χ3n) is 3.46. The summed E-state index contributed by atoms with van der Waals surface area (Å²) in [6, 6.07) is 15.8. The Morgan fingerprint density at radius 1 is 1.14 bits per heavy atom. The van der Waals surface area contributed by atoms with Crippen molar-refractivity contribution in [2.24, 2.45) is 0 Å². The number of fused-ring (bicyclic) bond motifs is 1. The predicted molar refractivity (Wildman–Crippen MR) is 83.3 cm³/mol. The Kier molecular flexibility index (Phi) is 3.44. The molecule has 106 valence electrons. The lowest BCUT2D eigenvalue weighted by Gasteiger charge is -2.11. The van der Waals surface area contributed by atoms with Crippen LogP contribution >= 0.6 is 0 Å². The van der Waals surface area contributed by atoms with E-state index in [9.17, 15) is 4.79 Å². The highest BCUT2D eigenvalue weighted by Crippen LogP contribution is 2.15. The third-order valence-corrected chi connectivity index (χ3v) is 3.46. The van der Waals surface area contributed by atoms with Crippen LogP contribution in [0.4, 0.5) is 0 Å². The van der Waals surface area contributed by atoms with E-state index < -0.39 is 0 Å². The molecule has 3 rings (SSSR count). The highest BCUT2D eigenvalue weighted by Gasteiger charge is 2.09. The highest BCUT2D eigenvalue weighted by atomic mass is 16.2. The second-order valence-electron chi connectivity index (χ2n) is 5.26. The Morgan fingerprint density at radius 2 is 1.95 bits per heavy atom. The number of hydrogen-bond donors (Lipinski definition) is 0. The molecule has 3 aromatic rings. The van der Waals surface area contributed by atoms with Gasteiger partial charge in [-0.25, -0.2) is 0 Å². The first-order valence-electron chi connectivity index (χ1n) is 6.86. The molecule has 0 atom stereocenters. The van der Waals surface area contributed by atoms with Crippen molar-refractivity contribution in [1.82, 2.24) is 14.7 Å². The van der Waals surface area contributed by atoms with Crippen LogP contribution < -0.4 is 0 Å². The number of carbonyl (C=O) groups is 1. The van der Waals surface area contributed by atoms with Gasteiger partial charge in [-0.1, -0.05) is 30.3 Å². The van der Waals surface area contributed by atoms with Crippen LogP contribution in [0.25, 0.3) is 10.9 Å². The molecule has 4 heteroatoms. The molecule has 0 saturated heterocycles. The number of nitrogens with zero attached hydrogens (tertiary/aromatic N) is 3. The smallest absolute Gasteiger partial charge is 0.253 e. The lowest BCUT2D eigenvalue weighted by molar-refractivity contribution is 0.0827. The van der Waals surface area contributed by atoms with Crippen LogP contribution in [-0.2, 0) is 6.54 Å². The molecular weight excluding hydrogens is 262 g/mol. The molecule has 1 heterocycles. The first-order chi connectivity index (χ1) is 10.1. The van der Waals surface area contributed by atoms with Gasteiger partial charge in [0.05, 0.1) is 18.3 Å². The maximum Gasteiger partial charge on any atom is 0.253 e. The lowest BCUT2D eigenvalue weighted by atomic mass is 10.1. The third kappa shape index (κ3) is 2.65. The number of para-hydroxylation sites is 1. The van der Waals surface area contributed by atoms with Gasteiger partial charge in [0, 0.05) is 25.0 Å². The summed E-state index contributed by atoms with van der Waals surface area (Å²) in [4.78, 5) is 13.6. The van der Waals surface area contributed by atoms with Crippen LogP contribution in [0.5, 0.6) is 0 Å². The number of amides is 1. The molecule has 1 aromatic heterocycles. The second-order valence-corrected chi connectivity index (χ2v) is 5.26. The van der Waals surface area contributed by atoms with Gasteiger partial charge < -0.3 is 4.90 Å². The molecule has 4 nitrogen and oxygen atoms in total. The molecular formula is C17H17N3O. The van der Waals surface area contributed by atoms with Gasteiger partial charge in [0.1, 0.15) is 0 Å². The van der Waals surface area contributed by atoms with E-state index in [1.54, 1.807) is 19.0 Å². The fourth-order valence-corrected chi connectivity index (χ4v) is 2.39. The molecule has 0 bridgehead atoms. The summed E-state index contributed by atoms with van der Waals surface area (Å²) in [5, 5.41) is 5.54. The minimum atomic E-state index is 0.0159. The zero-order chi connectivity index (χ0) is 14.8. The van der Waals surface area contributed by atoms with Crippen LogP contribution in [0.1, 0.15) is 15.9 Å². The average Bonchev–Trinajstić information content (AvgIpc) is 2.90. The van der Waals surface area contributed by atoms with Gasteiger partial charge in [-0.15, -0.1) is 0 Å². The van der Waals surface area contributed by atoms with E-state index in [-0.39, 0.29) is 5.91 Å². The number of benzene rings is 2. The van der Waals surface area contributed by atoms with Crippen LogP contribution in [0.2, 0.25) is 0 Å². The molecule has 0 aliphatic heterocycles. The molecule has 0 N–H and O–H groups in total. The largest absolute Gasteiger partial charge is 0.345 e. The van der Waals surface area contributed by atoms with E-state index in [1.165, 1.54) is 0 Å². The number of carbonyl (C=O) groups excluding carboxylic acids is 1. The lowest BCUT2D eigenvalue weighted by Crippen LogP contribution is -2.21. The van der Waals surface area contributed by atoms with Crippen molar-refractivity contribution in [3.63, 3.8) is 0 Å². The van der Waals surface area contributed by atoms with Gasteiger partial charge in [0.2, 0.25) is 0 Å². The quantitative estimate of drug-likeness (QED) is 0.739. The topological polar surface area (TPSA) is 38.1 Å². The molecule has 0 aliphatic carbocycles. The van der Waals surface area contributed by atoms with Crippen molar-refractivity contribution < 1.29 is 4.79 Å². The summed E-state index contributed by atoms with van der Waals surface area (Å²) in [5.41, 5.74) is 2.87. The van der Waals surface area contributed by atoms with E-state index >= 15 is 0 Å². The highest BCUT2D eigenvalue weighted by molar-refractivity contribution is 5.94. The van der Waals surface area contributed by atoms with Crippen molar-refractivity contribution in [3.8, 4) is 0 Å². The second kappa shape index (κ2) is 5.40. The SMILES string of the molecule is CN(C)C(=O)c1cccc(Cn2ncc3ccccc32)c1. The van der Waals surface area contributed by atoms with Gasteiger partial charge >= 0.3 is 0 Å². The fourth-order valence-electron chi connectivity index (χ4n) is 2.39. The average molecular weight is 279 g/mol. The molecule has 2 aromatic carbocycles. The first-order valence-corrected chi connectivity index (χ1v) is 6.86. The summed E-state index contributed by atoms with van der Waals surface area (Å²) in [6.45, 7) is 0.655. The molecule has 0 aliphatic rings. The van der Waals surface area contributed by atoms with Gasteiger partial charge in [0.15, 0.2) is 0 Å². The van der Waals surface area contributed by atoms with Crippen LogP contribution in [0.15, 0.2) is 54.7 Å². The van der Waals surface area contributed by atoms with Crippen molar-refractivity contribution in [2.45, 2.75) is 6.54 Å². The van der Waals surface area contributed by atoms with E-state index in [4.69, 9.17) is 0 Å². The van der Waals surface area contributed by atoms with Crippen molar-refractivity contribution in [2.75, 3.05) is 14.1 Å². The fraction of sp³-hybridized carbons (Fsp3) is 0.176. The standard InChI is InChI=1S/C17H17N3O/c1-19(2)17(21)14-8-5-6-13(10-14)12-20-16-9-4-3-7-15(16)11-18-20/h3-11H,12H2,1-2H3. The summed E-state index contributed by atoms with van der Waals surface area (Å²) >= 11 is 0. The van der Waals surface area contributed by atoms with Crippen LogP contribution in [0, 0.1) is 0 Å². The monoisotopic (exact) mass is 279 g/mol. The molecule has 0 radical (unpaired) electrons. The van der Waals surface area contributed by atoms with Crippen molar-refractivity contribution in [1.29, 1.82) is 0 Å². The Bertz CT molecular complexity index is 789. The molecule has 0 spiro atoms.